The lowest BCUT2D eigenvalue weighted by Crippen LogP contribution is -2.59. The summed E-state index contributed by atoms with van der Waals surface area (Å²) in [5, 5.41) is 12.2. The first kappa shape index (κ1) is 19.2. The number of rotatable bonds is 4. The van der Waals surface area contributed by atoms with Crippen molar-refractivity contribution in [2.24, 2.45) is 28.9 Å². The van der Waals surface area contributed by atoms with Crippen molar-refractivity contribution in [3.8, 4) is 6.07 Å². The molecule has 1 aromatic heterocycles. The molecule has 8 nitrogen and oxygen atoms in total. The van der Waals surface area contributed by atoms with Gasteiger partial charge in [0.1, 0.15) is 18.0 Å². The summed E-state index contributed by atoms with van der Waals surface area (Å²) < 4.78 is 6.02. The van der Waals surface area contributed by atoms with Crippen LogP contribution < -0.4 is 11.1 Å². The summed E-state index contributed by atoms with van der Waals surface area (Å²) >= 11 is 0. The van der Waals surface area contributed by atoms with E-state index in [0.717, 1.165) is 38.5 Å². The van der Waals surface area contributed by atoms with Crippen molar-refractivity contribution in [1.82, 2.24) is 9.88 Å². The maximum atomic E-state index is 12.9. The number of likely N-dealkylation sites (tertiary alicyclic amines) is 1. The van der Waals surface area contributed by atoms with Gasteiger partial charge in [0, 0.05) is 25.3 Å². The predicted octanol–water partition coefficient (Wildman–Crippen LogP) is 2.26. The Morgan fingerprint density at radius 1 is 1.27 bits per heavy atom. The molecular formula is C22H27N5O3. The lowest BCUT2D eigenvalue weighted by atomic mass is 9.48. The van der Waals surface area contributed by atoms with Crippen LogP contribution in [0.1, 0.15) is 44.1 Å². The molecule has 4 saturated carbocycles. The molecule has 4 unspecified atom stereocenters. The van der Waals surface area contributed by atoms with Crippen molar-refractivity contribution in [3.63, 3.8) is 0 Å². The van der Waals surface area contributed by atoms with E-state index < -0.39 is 0 Å². The lowest BCUT2D eigenvalue weighted by Gasteiger charge is -2.58. The van der Waals surface area contributed by atoms with E-state index in [0.29, 0.717) is 30.4 Å². The Kier molecular flexibility index (Phi) is 4.57. The van der Waals surface area contributed by atoms with E-state index in [-0.39, 0.29) is 41.4 Å². The lowest BCUT2D eigenvalue weighted by molar-refractivity contribution is -0.161. The number of primary amides is 1. The number of amides is 2. The molecule has 6 atom stereocenters. The SMILES string of the molecule is N#Cc1ccc(N[C@H]2CCN(C(=O)OC3C4CC5C[C@H]3CC(C(N)=O)(C5)C4)C2)nc1. The number of anilines is 1. The zero-order valence-corrected chi connectivity index (χ0v) is 16.9. The number of nitrogens with two attached hydrogens (primary N) is 1. The van der Waals surface area contributed by atoms with Crippen molar-refractivity contribution in [2.75, 3.05) is 18.4 Å². The minimum Gasteiger partial charge on any atom is -0.446 e. The normalized spacial score (nSPS) is 36.4. The fourth-order valence-corrected chi connectivity index (χ4v) is 6.46. The Labute approximate surface area is 175 Å². The number of aromatic nitrogens is 1. The zero-order chi connectivity index (χ0) is 20.9. The van der Waals surface area contributed by atoms with Gasteiger partial charge in [0.05, 0.1) is 11.0 Å². The molecule has 2 amide bonds. The van der Waals surface area contributed by atoms with Crippen LogP contribution in [0.15, 0.2) is 18.3 Å². The highest BCUT2D eigenvalue weighted by Crippen LogP contribution is 2.60. The topological polar surface area (TPSA) is 121 Å². The van der Waals surface area contributed by atoms with Gasteiger partial charge in [-0.15, -0.1) is 0 Å². The first-order valence-electron chi connectivity index (χ1n) is 10.8. The smallest absolute Gasteiger partial charge is 0.410 e. The molecular weight excluding hydrogens is 382 g/mol. The molecule has 4 aliphatic carbocycles. The van der Waals surface area contributed by atoms with E-state index in [2.05, 4.69) is 16.4 Å². The van der Waals surface area contributed by atoms with Crippen LogP contribution in [0.2, 0.25) is 0 Å². The summed E-state index contributed by atoms with van der Waals surface area (Å²) in [6.45, 7) is 1.21. The summed E-state index contributed by atoms with van der Waals surface area (Å²) in [7, 11) is 0. The summed E-state index contributed by atoms with van der Waals surface area (Å²) in [6, 6.07) is 5.66. The van der Waals surface area contributed by atoms with E-state index >= 15 is 0 Å². The fourth-order valence-electron chi connectivity index (χ4n) is 6.46. The van der Waals surface area contributed by atoms with Crippen LogP contribution in [-0.4, -0.2) is 47.1 Å². The van der Waals surface area contributed by atoms with Crippen LogP contribution in [0.25, 0.3) is 0 Å². The van der Waals surface area contributed by atoms with Gasteiger partial charge in [-0.3, -0.25) is 4.79 Å². The summed E-state index contributed by atoms with van der Waals surface area (Å²) in [6.07, 6.45) is 6.54. The molecule has 158 valence electrons. The number of carbonyl (C=O) groups excluding carboxylic acids is 2. The highest BCUT2D eigenvalue weighted by molar-refractivity contribution is 5.81. The van der Waals surface area contributed by atoms with Gasteiger partial charge in [-0.2, -0.15) is 5.26 Å². The number of nitriles is 1. The second-order valence-electron chi connectivity index (χ2n) is 9.58. The van der Waals surface area contributed by atoms with Crippen LogP contribution in [-0.2, 0) is 9.53 Å². The number of carbonyl (C=O) groups is 2. The van der Waals surface area contributed by atoms with Gasteiger partial charge in [0.25, 0.3) is 0 Å². The van der Waals surface area contributed by atoms with Gasteiger partial charge in [-0.25, -0.2) is 9.78 Å². The summed E-state index contributed by atoms with van der Waals surface area (Å²) in [5.74, 6) is 1.59. The molecule has 1 saturated heterocycles. The van der Waals surface area contributed by atoms with Crippen LogP contribution in [0, 0.1) is 34.5 Å². The van der Waals surface area contributed by atoms with Crippen molar-refractivity contribution in [3.05, 3.63) is 23.9 Å². The van der Waals surface area contributed by atoms with E-state index in [1.807, 2.05) is 0 Å². The number of hydrogen-bond acceptors (Lipinski definition) is 6. The molecule has 1 aliphatic heterocycles. The van der Waals surface area contributed by atoms with Gasteiger partial charge >= 0.3 is 6.09 Å². The maximum absolute atomic E-state index is 12.9. The molecule has 6 rings (SSSR count). The van der Waals surface area contributed by atoms with E-state index in [9.17, 15) is 9.59 Å². The Balaban J connectivity index is 1.18. The van der Waals surface area contributed by atoms with Crippen molar-refractivity contribution >= 4 is 17.8 Å². The van der Waals surface area contributed by atoms with Crippen molar-refractivity contribution in [2.45, 2.75) is 50.7 Å². The molecule has 30 heavy (non-hydrogen) atoms. The second-order valence-corrected chi connectivity index (χ2v) is 9.58. The second kappa shape index (κ2) is 7.15. The molecule has 1 aromatic rings. The van der Waals surface area contributed by atoms with Crippen LogP contribution in [0.3, 0.4) is 0 Å². The highest BCUT2D eigenvalue weighted by atomic mass is 16.6. The minimum absolute atomic E-state index is 0.0891. The number of hydrogen-bond donors (Lipinski definition) is 2. The van der Waals surface area contributed by atoms with Gasteiger partial charge < -0.3 is 20.7 Å². The Hall–Kier alpha value is -2.82. The Bertz CT molecular complexity index is 879. The maximum Gasteiger partial charge on any atom is 0.410 e. The van der Waals surface area contributed by atoms with Crippen LogP contribution in [0.4, 0.5) is 10.6 Å². The average Bonchev–Trinajstić information content (AvgIpc) is 3.19. The first-order valence-corrected chi connectivity index (χ1v) is 10.8. The van der Waals surface area contributed by atoms with Gasteiger partial charge in [-0.05, 0) is 68.4 Å². The number of ether oxygens (including phenoxy) is 1. The van der Waals surface area contributed by atoms with Crippen LogP contribution >= 0.6 is 0 Å². The third-order valence-corrected chi connectivity index (χ3v) is 7.64. The molecule has 4 bridgehead atoms. The molecule has 0 radical (unpaired) electrons. The molecule has 3 N–H and O–H groups in total. The molecule has 8 heteroatoms. The van der Waals surface area contributed by atoms with E-state index in [1.165, 1.54) is 6.20 Å². The largest absolute Gasteiger partial charge is 0.446 e. The fraction of sp³-hybridized carbons (Fsp3) is 0.636. The Morgan fingerprint density at radius 2 is 2.03 bits per heavy atom. The van der Waals surface area contributed by atoms with Crippen molar-refractivity contribution < 1.29 is 14.3 Å². The molecule has 5 aliphatic rings. The number of nitrogens with zero attached hydrogens (tertiary/aromatic N) is 3. The summed E-state index contributed by atoms with van der Waals surface area (Å²) in [4.78, 5) is 31.0. The summed E-state index contributed by atoms with van der Waals surface area (Å²) in [5.41, 5.74) is 5.90. The molecule has 0 aromatic carbocycles. The quantitative estimate of drug-likeness (QED) is 0.787. The third kappa shape index (κ3) is 3.26. The third-order valence-electron chi connectivity index (χ3n) is 7.64. The molecule has 0 spiro atoms. The van der Waals surface area contributed by atoms with E-state index in [1.54, 1.807) is 17.0 Å². The average molecular weight is 409 g/mol. The standard InChI is InChI=1S/C22H27N5O3/c23-10-13-1-2-18(25-11-13)26-17-3-4-27(12-17)21(29)30-19-15-5-14-6-16(19)9-22(7-14,8-15)20(24)28/h1-2,11,14-17,19H,3-9,12H2,(H2,24,28)(H,25,26)/t14?,15-,16?,17-,19?,22?/m0/s1. The molecule has 2 heterocycles. The zero-order valence-electron chi connectivity index (χ0n) is 16.9. The number of pyridine rings is 1. The Morgan fingerprint density at radius 3 is 2.67 bits per heavy atom. The highest BCUT2D eigenvalue weighted by Gasteiger charge is 2.59. The number of nitrogens with one attached hydrogen (secondary N) is 1. The van der Waals surface area contributed by atoms with Gasteiger partial charge in [0.15, 0.2) is 0 Å². The van der Waals surface area contributed by atoms with Crippen LogP contribution in [0.5, 0.6) is 0 Å². The predicted molar refractivity (Wildman–Crippen MR) is 108 cm³/mol. The first-order chi connectivity index (χ1) is 14.5. The van der Waals surface area contributed by atoms with Crippen molar-refractivity contribution in [1.29, 1.82) is 5.26 Å². The van der Waals surface area contributed by atoms with Gasteiger partial charge in [-0.1, -0.05) is 0 Å². The monoisotopic (exact) mass is 409 g/mol. The van der Waals surface area contributed by atoms with E-state index in [4.69, 9.17) is 15.7 Å². The molecule has 5 fully saturated rings. The van der Waals surface area contributed by atoms with Gasteiger partial charge in [0.2, 0.25) is 5.91 Å². The minimum atomic E-state index is -0.365.